The van der Waals surface area contributed by atoms with E-state index in [0.717, 1.165) is 45.3 Å². The van der Waals surface area contributed by atoms with Crippen molar-refractivity contribution in [2.75, 3.05) is 44.3 Å². The predicted molar refractivity (Wildman–Crippen MR) is 126 cm³/mol. The molecule has 1 atom stereocenters. The Bertz CT molecular complexity index is 1020. The summed E-state index contributed by atoms with van der Waals surface area (Å²) >= 11 is 0. The van der Waals surface area contributed by atoms with E-state index >= 15 is 0 Å². The summed E-state index contributed by atoms with van der Waals surface area (Å²) in [5.74, 6) is -4.69. The van der Waals surface area contributed by atoms with E-state index in [0.29, 0.717) is 0 Å². The van der Waals surface area contributed by atoms with Crippen molar-refractivity contribution in [2.24, 2.45) is 5.41 Å². The van der Waals surface area contributed by atoms with E-state index in [1.807, 2.05) is 18.5 Å². The number of nitrogens with zero attached hydrogens (tertiary/aromatic N) is 4. The molecule has 3 heterocycles. The van der Waals surface area contributed by atoms with Crippen LogP contribution < -0.4 is 4.90 Å². The zero-order chi connectivity index (χ0) is 29.1. The molecular weight excluding hydrogens is 538 g/mol. The van der Waals surface area contributed by atoms with Gasteiger partial charge in [0.1, 0.15) is 0 Å². The zero-order valence-electron chi connectivity index (χ0n) is 20.7. The van der Waals surface area contributed by atoms with Crippen LogP contribution in [0.15, 0.2) is 48.8 Å². The van der Waals surface area contributed by atoms with Crippen molar-refractivity contribution in [1.29, 1.82) is 0 Å². The second-order valence-corrected chi connectivity index (χ2v) is 8.93. The third kappa shape index (κ3) is 11.0. The van der Waals surface area contributed by atoms with Crippen LogP contribution in [-0.4, -0.2) is 88.8 Å². The summed E-state index contributed by atoms with van der Waals surface area (Å²) in [7, 11) is 0. The highest BCUT2D eigenvalue weighted by Crippen LogP contribution is 2.34. The van der Waals surface area contributed by atoms with E-state index in [1.165, 1.54) is 24.9 Å². The molecule has 1 aromatic carbocycles. The first-order valence-electron chi connectivity index (χ1n) is 11.7. The van der Waals surface area contributed by atoms with Crippen LogP contribution in [0.4, 0.5) is 32.3 Å². The quantitative estimate of drug-likeness (QED) is 0.535. The highest BCUT2D eigenvalue weighted by atomic mass is 19.4. The highest BCUT2D eigenvalue weighted by molar-refractivity contribution is 5.73. The number of likely N-dealkylation sites (tertiary alicyclic amines) is 1. The summed E-state index contributed by atoms with van der Waals surface area (Å²) in [6, 6.07) is 12.6. The molecule has 0 amide bonds. The largest absolute Gasteiger partial charge is 0.490 e. The minimum absolute atomic E-state index is 0.169. The lowest BCUT2D eigenvalue weighted by Crippen LogP contribution is -2.50. The van der Waals surface area contributed by atoms with E-state index in [4.69, 9.17) is 24.5 Å². The molecule has 2 aromatic rings. The fraction of sp³-hybridized carbons (Fsp3) is 0.500. The average molecular weight is 566 g/mol. The van der Waals surface area contributed by atoms with Gasteiger partial charge in [0.2, 0.25) is 5.95 Å². The molecule has 0 saturated carbocycles. The van der Waals surface area contributed by atoms with Gasteiger partial charge in [-0.15, -0.1) is 0 Å². The summed E-state index contributed by atoms with van der Waals surface area (Å²) in [4.78, 5) is 31.6. The van der Waals surface area contributed by atoms with Crippen molar-refractivity contribution >= 4 is 17.9 Å². The molecule has 1 unspecified atom stereocenters. The number of hydrogen-bond acceptors (Lipinski definition) is 7. The number of ether oxygens (including phenoxy) is 1. The number of aliphatic carboxylic acids is 2. The van der Waals surface area contributed by atoms with Gasteiger partial charge >= 0.3 is 24.3 Å². The number of halogens is 6. The van der Waals surface area contributed by atoms with Gasteiger partial charge in [-0.05, 0) is 31.0 Å². The van der Waals surface area contributed by atoms with Gasteiger partial charge in [-0.3, -0.25) is 4.90 Å². The molecule has 1 aromatic heterocycles. The predicted octanol–water partition coefficient (Wildman–Crippen LogP) is 3.86. The summed E-state index contributed by atoms with van der Waals surface area (Å²) in [6.07, 6.45) is -4.09. The van der Waals surface area contributed by atoms with Crippen LogP contribution in [0.2, 0.25) is 0 Å². The van der Waals surface area contributed by atoms with Gasteiger partial charge in [-0.2, -0.15) is 26.3 Å². The first kappa shape index (κ1) is 31.8. The Hall–Kier alpha value is -3.46. The number of alkyl halides is 6. The molecule has 39 heavy (non-hydrogen) atoms. The molecule has 2 fully saturated rings. The Labute approximate surface area is 220 Å². The van der Waals surface area contributed by atoms with Crippen LogP contribution in [0.1, 0.15) is 18.4 Å². The number of hydrogen-bond donors (Lipinski definition) is 2. The second-order valence-electron chi connectivity index (χ2n) is 8.93. The van der Waals surface area contributed by atoms with Gasteiger partial charge in [0.25, 0.3) is 0 Å². The molecule has 9 nitrogen and oxygen atoms in total. The standard InChI is InChI=1S/C20H26N4O.2C2HF3O2/c1-2-6-18(7-3-1)14-23-11-4-8-20(15-23)16-24(12-13-25-17-20)19-21-9-5-10-22-19;2*3-2(4,5)1(6)7/h1-3,5-7,9-10H,4,8,11-17H2;2*(H,6,7). The van der Waals surface area contributed by atoms with Gasteiger partial charge in [0.05, 0.1) is 13.2 Å². The maximum atomic E-state index is 10.6. The van der Waals surface area contributed by atoms with Crippen LogP contribution in [0.5, 0.6) is 0 Å². The molecule has 0 radical (unpaired) electrons. The fourth-order valence-electron chi connectivity index (χ4n) is 4.15. The number of aromatic nitrogens is 2. The van der Waals surface area contributed by atoms with Crippen molar-refractivity contribution in [3.05, 3.63) is 54.4 Å². The minimum Gasteiger partial charge on any atom is -0.475 e. The number of carboxylic acids is 2. The zero-order valence-corrected chi connectivity index (χ0v) is 20.7. The lowest BCUT2D eigenvalue weighted by Gasteiger charge is -2.43. The molecular formula is C24H28F6N4O5. The summed E-state index contributed by atoms with van der Waals surface area (Å²) in [5, 5.41) is 14.2. The van der Waals surface area contributed by atoms with Crippen LogP contribution in [0.25, 0.3) is 0 Å². The molecule has 2 N–H and O–H groups in total. The summed E-state index contributed by atoms with van der Waals surface area (Å²) in [5.41, 5.74) is 1.56. The Balaban J connectivity index is 0.000000317. The Morgan fingerprint density at radius 1 is 0.897 bits per heavy atom. The minimum atomic E-state index is -5.08. The van der Waals surface area contributed by atoms with Gasteiger partial charge < -0.3 is 19.8 Å². The number of carbonyl (C=O) groups is 2. The number of carboxylic acid groups (broad SMARTS) is 2. The Morgan fingerprint density at radius 2 is 1.46 bits per heavy atom. The lowest BCUT2D eigenvalue weighted by atomic mass is 9.80. The van der Waals surface area contributed by atoms with Crippen LogP contribution in [0, 0.1) is 5.41 Å². The van der Waals surface area contributed by atoms with E-state index in [2.05, 4.69) is 50.1 Å². The maximum Gasteiger partial charge on any atom is 0.490 e. The molecule has 15 heteroatoms. The van der Waals surface area contributed by atoms with Gasteiger partial charge in [0, 0.05) is 44.0 Å². The topological polar surface area (TPSA) is 116 Å². The first-order chi connectivity index (χ1) is 18.2. The number of benzene rings is 1. The Morgan fingerprint density at radius 3 is 2.00 bits per heavy atom. The molecule has 2 saturated heterocycles. The molecule has 216 valence electrons. The van der Waals surface area contributed by atoms with E-state index < -0.39 is 24.3 Å². The third-order valence-electron chi connectivity index (χ3n) is 5.75. The molecule has 0 bridgehead atoms. The highest BCUT2D eigenvalue weighted by Gasteiger charge is 2.40. The second kappa shape index (κ2) is 14.1. The van der Waals surface area contributed by atoms with Crippen LogP contribution in [-0.2, 0) is 20.9 Å². The van der Waals surface area contributed by atoms with Crippen molar-refractivity contribution in [3.8, 4) is 0 Å². The fourth-order valence-corrected chi connectivity index (χ4v) is 4.15. The third-order valence-corrected chi connectivity index (χ3v) is 5.75. The number of rotatable bonds is 3. The average Bonchev–Trinajstić information content (AvgIpc) is 3.07. The van der Waals surface area contributed by atoms with Crippen LogP contribution in [0.3, 0.4) is 0 Å². The Kier molecular flexibility index (Phi) is 11.5. The molecule has 2 aliphatic rings. The summed E-state index contributed by atoms with van der Waals surface area (Å²) < 4.78 is 69.5. The van der Waals surface area contributed by atoms with Gasteiger partial charge in [-0.1, -0.05) is 30.3 Å². The van der Waals surface area contributed by atoms with Crippen molar-refractivity contribution < 1.29 is 50.9 Å². The molecule has 0 aliphatic carbocycles. The van der Waals surface area contributed by atoms with Crippen molar-refractivity contribution in [2.45, 2.75) is 31.7 Å². The monoisotopic (exact) mass is 566 g/mol. The first-order valence-corrected chi connectivity index (χ1v) is 11.7. The summed E-state index contributed by atoms with van der Waals surface area (Å²) in [6.45, 7) is 6.68. The van der Waals surface area contributed by atoms with Gasteiger partial charge in [-0.25, -0.2) is 19.6 Å². The van der Waals surface area contributed by atoms with E-state index in [1.54, 1.807) is 0 Å². The lowest BCUT2D eigenvalue weighted by molar-refractivity contribution is -0.193. The van der Waals surface area contributed by atoms with E-state index in [-0.39, 0.29) is 5.41 Å². The van der Waals surface area contributed by atoms with Crippen molar-refractivity contribution in [3.63, 3.8) is 0 Å². The van der Waals surface area contributed by atoms with Crippen molar-refractivity contribution in [1.82, 2.24) is 14.9 Å². The number of piperidine rings is 1. The molecule has 1 spiro atoms. The smallest absolute Gasteiger partial charge is 0.475 e. The molecule has 4 rings (SSSR count). The number of anilines is 1. The SMILES string of the molecule is O=C(O)C(F)(F)F.O=C(O)C(F)(F)F.c1ccc(CN2CCCC3(COCCN(c4ncccn4)C3)C2)cc1. The maximum absolute atomic E-state index is 10.6. The van der Waals surface area contributed by atoms with Gasteiger partial charge in [0.15, 0.2) is 0 Å². The van der Waals surface area contributed by atoms with Crippen LogP contribution >= 0.6 is 0 Å². The van der Waals surface area contributed by atoms with E-state index in [9.17, 15) is 26.3 Å². The molecule has 2 aliphatic heterocycles. The normalized spacial score (nSPS) is 20.1.